The first-order chi connectivity index (χ1) is 28.7. The number of nitrogens with zero attached hydrogens (tertiary/aromatic N) is 2. The predicted octanol–water partition coefficient (Wildman–Crippen LogP) is 13.9. The molecule has 0 saturated heterocycles. The lowest BCUT2D eigenvalue weighted by molar-refractivity contribution is 0.507. The van der Waals surface area contributed by atoms with E-state index in [4.69, 9.17) is 14.4 Å². The van der Waals surface area contributed by atoms with Crippen LogP contribution in [0, 0.1) is 0 Å². The molecule has 8 aromatic carbocycles. The van der Waals surface area contributed by atoms with Gasteiger partial charge in [0.25, 0.3) is 0 Å². The van der Waals surface area contributed by atoms with Crippen molar-refractivity contribution in [2.45, 2.75) is 5.41 Å². The van der Waals surface area contributed by atoms with Crippen molar-refractivity contribution in [1.82, 2.24) is 9.97 Å². The molecule has 0 N–H and O–H groups in total. The van der Waals surface area contributed by atoms with Gasteiger partial charge in [0.2, 0.25) is 0 Å². The smallest absolute Gasteiger partial charge is 0.160 e. The zero-order valence-electron chi connectivity index (χ0n) is 31.4. The van der Waals surface area contributed by atoms with Crippen molar-refractivity contribution in [3.8, 4) is 78.4 Å². The summed E-state index contributed by atoms with van der Waals surface area (Å²) in [5, 5.41) is 1.15. The summed E-state index contributed by atoms with van der Waals surface area (Å²) in [7, 11) is 0. The van der Waals surface area contributed by atoms with E-state index < -0.39 is 5.41 Å². The third-order valence-electron chi connectivity index (χ3n) is 12.1. The minimum Gasteiger partial charge on any atom is -0.459 e. The summed E-state index contributed by atoms with van der Waals surface area (Å²) in [6, 6.07) is 73.4. The summed E-state index contributed by atoms with van der Waals surface area (Å²) < 4.78 is 6.95. The lowest BCUT2D eigenvalue weighted by Crippen LogP contribution is -2.25. The van der Waals surface area contributed by atoms with Crippen molar-refractivity contribution >= 4 is 11.0 Å². The van der Waals surface area contributed by atoms with E-state index in [2.05, 4.69) is 194 Å². The van der Waals surface area contributed by atoms with E-state index in [9.17, 15) is 0 Å². The molecule has 270 valence electrons. The van der Waals surface area contributed by atoms with Gasteiger partial charge in [-0.15, -0.1) is 0 Å². The summed E-state index contributed by atoms with van der Waals surface area (Å²) in [5.41, 5.74) is 18.6. The Morgan fingerprint density at radius 2 is 0.828 bits per heavy atom. The maximum absolute atomic E-state index is 6.95. The molecule has 1 spiro atoms. The standard InChI is InChI=1S/C55H34N2O/c1-3-13-35(14-4-1)36-25-29-40(30-26-36)54-56-49(38-15-5-2-6-16-38)34-50(57-54)39-27-23-37(24-28-39)41-31-32-44-48(33-41)55(53-52(44)45-19-9-12-22-51(45)58-53)46-20-10-7-17-42(46)43-18-8-11-21-47(43)55/h1-34H. The number of hydrogen-bond acceptors (Lipinski definition) is 3. The molecule has 0 saturated carbocycles. The molecule has 0 bridgehead atoms. The molecule has 0 unspecified atom stereocenters. The van der Waals surface area contributed by atoms with Crippen molar-refractivity contribution in [1.29, 1.82) is 0 Å². The Kier molecular flexibility index (Phi) is 7.14. The van der Waals surface area contributed by atoms with Crippen LogP contribution in [0.3, 0.4) is 0 Å². The number of rotatable bonds is 5. The van der Waals surface area contributed by atoms with E-state index in [0.717, 1.165) is 61.5 Å². The highest BCUT2D eigenvalue weighted by atomic mass is 16.3. The number of hydrogen-bond donors (Lipinski definition) is 0. The molecular weight excluding hydrogens is 705 g/mol. The van der Waals surface area contributed by atoms with E-state index in [1.54, 1.807) is 0 Å². The second kappa shape index (κ2) is 12.7. The van der Waals surface area contributed by atoms with Gasteiger partial charge in [-0.2, -0.15) is 0 Å². The lowest BCUT2D eigenvalue weighted by atomic mass is 9.72. The Morgan fingerprint density at radius 3 is 1.50 bits per heavy atom. The quantitative estimate of drug-likeness (QED) is 0.176. The first-order valence-electron chi connectivity index (χ1n) is 19.8. The Morgan fingerprint density at radius 1 is 0.345 bits per heavy atom. The Balaban J connectivity index is 0.974. The number of benzene rings is 8. The van der Waals surface area contributed by atoms with E-state index in [1.807, 2.05) is 12.1 Å². The fourth-order valence-electron chi connectivity index (χ4n) is 9.48. The Bertz CT molecular complexity index is 3150. The van der Waals surface area contributed by atoms with E-state index >= 15 is 0 Å². The van der Waals surface area contributed by atoms with Crippen molar-refractivity contribution < 1.29 is 4.42 Å². The minimum atomic E-state index is -0.558. The summed E-state index contributed by atoms with van der Waals surface area (Å²) in [4.78, 5) is 10.2. The van der Waals surface area contributed by atoms with Crippen molar-refractivity contribution in [3.05, 3.63) is 229 Å². The van der Waals surface area contributed by atoms with Crippen LogP contribution in [0.25, 0.3) is 89.4 Å². The minimum absolute atomic E-state index is 0.558. The number of fused-ring (bicyclic) bond motifs is 12. The van der Waals surface area contributed by atoms with Crippen LogP contribution in [-0.4, -0.2) is 9.97 Å². The van der Waals surface area contributed by atoms with Gasteiger partial charge in [0.1, 0.15) is 16.8 Å². The molecule has 0 fully saturated rings. The molecule has 0 aliphatic heterocycles. The highest BCUT2D eigenvalue weighted by Gasteiger charge is 2.55. The monoisotopic (exact) mass is 738 g/mol. The fraction of sp³-hybridized carbons (Fsp3) is 0.0182. The van der Waals surface area contributed by atoms with Crippen molar-refractivity contribution in [2.75, 3.05) is 0 Å². The molecule has 2 heterocycles. The van der Waals surface area contributed by atoms with Crippen LogP contribution in [0.5, 0.6) is 0 Å². The summed E-state index contributed by atoms with van der Waals surface area (Å²) in [6.07, 6.45) is 0. The van der Waals surface area contributed by atoms with Gasteiger partial charge in [-0.05, 0) is 73.8 Å². The molecular formula is C55H34N2O. The van der Waals surface area contributed by atoms with E-state index in [1.165, 1.54) is 44.5 Å². The number of aromatic nitrogens is 2. The second-order valence-electron chi connectivity index (χ2n) is 15.3. The Hall–Kier alpha value is -7.62. The summed E-state index contributed by atoms with van der Waals surface area (Å²) in [6.45, 7) is 0. The van der Waals surface area contributed by atoms with Gasteiger partial charge in [-0.1, -0.05) is 188 Å². The van der Waals surface area contributed by atoms with Crippen LogP contribution < -0.4 is 0 Å². The first kappa shape index (κ1) is 32.6. The number of para-hydroxylation sites is 1. The Labute approximate surface area is 336 Å². The van der Waals surface area contributed by atoms with Crippen molar-refractivity contribution in [2.24, 2.45) is 0 Å². The maximum atomic E-state index is 6.95. The molecule has 10 aromatic rings. The second-order valence-corrected chi connectivity index (χ2v) is 15.3. The van der Waals surface area contributed by atoms with Crippen LogP contribution in [0.1, 0.15) is 22.5 Å². The first-order valence-corrected chi connectivity index (χ1v) is 19.8. The third kappa shape index (κ3) is 4.80. The van der Waals surface area contributed by atoms with Gasteiger partial charge >= 0.3 is 0 Å². The van der Waals surface area contributed by atoms with E-state index in [0.29, 0.717) is 5.82 Å². The van der Waals surface area contributed by atoms with Crippen LogP contribution in [0.4, 0.5) is 0 Å². The molecule has 3 nitrogen and oxygen atoms in total. The zero-order chi connectivity index (χ0) is 38.2. The molecule has 0 amide bonds. The molecule has 3 heteroatoms. The number of furan rings is 1. The van der Waals surface area contributed by atoms with Crippen LogP contribution in [-0.2, 0) is 5.41 Å². The topological polar surface area (TPSA) is 38.9 Å². The van der Waals surface area contributed by atoms with Gasteiger partial charge in [-0.25, -0.2) is 9.97 Å². The van der Waals surface area contributed by atoms with Gasteiger partial charge < -0.3 is 4.42 Å². The molecule has 2 aliphatic carbocycles. The molecule has 12 rings (SSSR count). The zero-order valence-corrected chi connectivity index (χ0v) is 31.4. The van der Waals surface area contributed by atoms with Crippen LogP contribution in [0.2, 0.25) is 0 Å². The highest BCUT2D eigenvalue weighted by Crippen LogP contribution is 2.64. The fourth-order valence-corrected chi connectivity index (χ4v) is 9.48. The highest BCUT2D eigenvalue weighted by molar-refractivity contribution is 6.05. The normalized spacial score (nSPS) is 13.0. The summed E-state index contributed by atoms with van der Waals surface area (Å²) in [5.74, 6) is 1.71. The van der Waals surface area contributed by atoms with Crippen LogP contribution >= 0.6 is 0 Å². The van der Waals surface area contributed by atoms with Gasteiger partial charge in [0, 0.05) is 27.6 Å². The predicted molar refractivity (Wildman–Crippen MR) is 235 cm³/mol. The molecule has 2 aromatic heterocycles. The molecule has 0 radical (unpaired) electrons. The molecule has 0 atom stereocenters. The maximum Gasteiger partial charge on any atom is 0.160 e. The average Bonchev–Trinajstić information content (AvgIpc) is 3.93. The summed E-state index contributed by atoms with van der Waals surface area (Å²) >= 11 is 0. The SMILES string of the molecule is c1ccc(-c2ccc(-c3nc(-c4ccccc4)cc(-c4ccc(-c5ccc6c(c5)C5(c7ccccc7-c7ccccc75)c5oc7ccccc7c5-6)cc4)n3)cc2)cc1. The van der Waals surface area contributed by atoms with Gasteiger partial charge in [0.15, 0.2) is 5.82 Å². The average molecular weight is 739 g/mol. The third-order valence-corrected chi connectivity index (χ3v) is 12.1. The van der Waals surface area contributed by atoms with Gasteiger partial charge in [0.05, 0.1) is 11.4 Å². The largest absolute Gasteiger partial charge is 0.459 e. The molecule has 58 heavy (non-hydrogen) atoms. The lowest BCUT2D eigenvalue weighted by Gasteiger charge is -2.28. The van der Waals surface area contributed by atoms with Gasteiger partial charge in [-0.3, -0.25) is 0 Å². The molecule has 2 aliphatic rings. The van der Waals surface area contributed by atoms with Crippen molar-refractivity contribution in [3.63, 3.8) is 0 Å². The van der Waals surface area contributed by atoms with E-state index in [-0.39, 0.29) is 0 Å². The van der Waals surface area contributed by atoms with Crippen LogP contribution in [0.15, 0.2) is 211 Å².